The zero-order valence-electron chi connectivity index (χ0n) is 10.7. The van der Waals surface area contributed by atoms with Crippen LogP contribution in [0.1, 0.15) is 19.7 Å². The Kier molecular flexibility index (Phi) is 3.72. The summed E-state index contributed by atoms with van der Waals surface area (Å²) in [6.07, 6.45) is 1.70. The third-order valence-corrected chi connectivity index (χ3v) is 2.25. The Morgan fingerprint density at radius 1 is 1.39 bits per heavy atom. The molecule has 2 aromatic rings. The highest BCUT2D eigenvalue weighted by atomic mass is 16.5. The van der Waals surface area contributed by atoms with Crippen molar-refractivity contribution in [1.29, 1.82) is 0 Å². The number of aliphatic imine (C=N–C) groups is 1. The topological polar surface area (TPSA) is 63.3 Å². The van der Waals surface area contributed by atoms with E-state index in [1.807, 2.05) is 38.1 Å². The minimum absolute atomic E-state index is 0.278. The van der Waals surface area contributed by atoms with Gasteiger partial charge in [-0.1, -0.05) is 17.3 Å². The lowest BCUT2D eigenvalue weighted by Gasteiger charge is -2.02. The van der Waals surface area contributed by atoms with Crippen LogP contribution in [0.4, 0.5) is 5.69 Å². The van der Waals surface area contributed by atoms with Gasteiger partial charge >= 0.3 is 0 Å². The van der Waals surface area contributed by atoms with Crippen LogP contribution in [0.5, 0.6) is 0 Å². The van der Waals surface area contributed by atoms with E-state index in [1.165, 1.54) is 0 Å². The van der Waals surface area contributed by atoms with E-state index in [-0.39, 0.29) is 6.04 Å². The fourth-order valence-electron chi connectivity index (χ4n) is 1.43. The third kappa shape index (κ3) is 3.16. The molecule has 0 atom stereocenters. The van der Waals surface area contributed by atoms with Gasteiger partial charge in [-0.25, -0.2) is 0 Å². The van der Waals surface area contributed by atoms with Gasteiger partial charge in [0.15, 0.2) is 0 Å². The van der Waals surface area contributed by atoms with E-state index in [9.17, 15) is 0 Å². The van der Waals surface area contributed by atoms with Crippen LogP contribution in [-0.2, 0) is 0 Å². The maximum absolute atomic E-state index is 4.96. The first-order valence-electron chi connectivity index (χ1n) is 5.84. The van der Waals surface area contributed by atoms with E-state index in [4.69, 9.17) is 4.52 Å². The number of anilines is 1. The van der Waals surface area contributed by atoms with Crippen molar-refractivity contribution in [1.82, 2.24) is 10.1 Å². The van der Waals surface area contributed by atoms with Crippen LogP contribution in [0.3, 0.4) is 0 Å². The van der Waals surface area contributed by atoms with Gasteiger partial charge in [-0.2, -0.15) is 4.98 Å². The normalized spacial score (nSPS) is 11.3. The van der Waals surface area contributed by atoms with Gasteiger partial charge in [0.05, 0.1) is 6.34 Å². The van der Waals surface area contributed by atoms with Crippen LogP contribution in [-0.4, -0.2) is 22.5 Å². The molecule has 2 rings (SSSR count). The molecular formula is C13H16N4O. The number of nitrogens with one attached hydrogen (secondary N) is 1. The van der Waals surface area contributed by atoms with Crippen molar-refractivity contribution in [3.8, 4) is 11.4 Å². The summed E-state index contributed by atoms with van der Waals surface area (Å²) in [6, 6.07) is 8.07. The van der Waals surface area contributed by atoms with E-state index in [2.05, 4.69) is 20.4 Å². The molecule has 18 heavy (non-hydrogen) atoms. The Labute approximate surface area is 106 Å². The van der Waals surface area contributed by atoms with Crippen LogP contribution in [0, 0.1) is 6.92 Å². The average Bonchev–Trinajstić information content (AvgIpc) is 2.76. The first-order chi connectivity index (χ1) is 8.65. The van der Waals surface area contributed by atoms with Gasteiger partial charge in [-0.3, -0.25) is 4.99 Å². The second-order valence-electron chi connectivity index (χ2n) is 4.23. The molecule has 1 aromatic carbocycles. The van der Waals surface area contributed by atoms with Gasteiger partial charge in [0.2, 0.25) is 11.7 Å². The monoisotopic (exact) mass is 244 g/mol. The number of rotatable bonds is 4. The quantitative estimate of drug-likeness (QED) is 0.663. The first kappa shape index (κ1) is 12.3. The van der Waals surface area contributed by atoms with Gasteiger partial charge < -0.3 is 9.84 Å². The third-order valence-electron chi connectivity index (χ3n) is 2.25. The van der Waals surface area contributed by atoms with E-state index in [0.717, 1.165) is 11.3 Å². The van der Waals surface area contributed by atoms with Crippen molar-refractivity contribution < 1.29 is 4.52 Å². The molecule has 0 fully saturated rings. The second kappa shape index (κ2) is 5.44. The number of hydrogen-bond acceptors (Lipinski definition) is 4. The Hall–Kier alpha value is -2.17. The lowest BCUT2D eigenvalue weighted by molar-refractivity contribution is 0.394. The fraction of sp³-hybridized carbons (Fsp3) is 0.308. The summed E-state index contributed by atoms with van der Waals surface area (Å²) in [5.74, 6) is 1.15. The van der Waals surface area contributed by atoms with Gasteiger partial charge in [-0.05, 0) is 26.0 Å². The van der Waals surface area contributed by atoms with Gasteiger partial charge in [-0.15, -0.1) is 0 Å². The molecule has 0 amide bonds. The van der Waals surface area contributed by atoms with Crippen molar-refractivity contribution in [3.05, 3.63) is 30.2 Å². The van der Waals surface area contributed by atoms with E-state index < -0.39 is 0 Å². The Balaban J connectivity index is 2.15. The highest BCUT2D eigenvalue weighted by molar-refractivity contribution is 5.77. The van der Waals surface area contributed by atoms with E-state index >= 15 is 0 Å². The van der Waals surface area contributed by atoms with Gasteiger partial charge in [0.1, 0.15) is 0 Å². The lowest BCUT2D eigenvalue weighted by Crippen LogP contribution is -1.98. The molecule has 5 heteroatoms. The number of aromatic nitrogens is 2. The number of nitrogens with zero attached hydrogens (tertiary/aromatic N) is 3. The summed E-state index contributed by atoms with van der Waals surface area (Å²) in [6.45, 7) is 5.82. The predicted molar refractivity (Wildman–Crippen MR) is 71.7 cm³/mol. The molecule has 1 N–H and O–H groups in total. The SMILES string of the molecule is Cc1nc(-c2cccc(NC=NC(C)C)c2)no1. The van der Waals surface area contributed by atoms with Crippen LogP contribution < -0.4 is 5.32 Å². The molecule has 0 spiro atoms. The van der Waals surface area contributed by atoms with Crippen LogP contribution in [0.2, 0.25) is 0 Å². The summed E-state index contributed by atoms with van der Waals surface area (Å²) in [4.78, 5) is 8.43. The Morgan fingerprint density at radius 2 is 2.22 bits per heavy atom. The number of hydrogen-bond donors (Lipinski definition) is 1. The van der Waals surface area contributed by atoms with Crippen molar-refractivity contribution in [2.24, 2.45) is 4.99 Å². The highest BCUT2D eigenvalue weighted by Crippen LogP contribution is 2.19. The smallest absolute Gasteiger partial charge is 0.223 e. The molecule has 0 aliphatic rings. The fourth-order valence-corrected chi connectivity index (χ4v) is 1.43. The Bertz CT molecular complexity index is 545. The standard InChI is InChI=1S/C13H16N4O/c1-9(2)14-8-15-12-6-4-5-11(7-12)13-16-10(3)18-17-13/h4-9H,1-3H3,(H,14,15). The molecule has 0 saturated heterocycles. The maximum Gasteiger partial charge on any atom is 0.223 e. The van der Waals surface area contributed by atoms with Gasteiger partial charge in [0, 0.05) is 24.2 Å². The molecule has 5 nitrogen and oxygen atoms in total. The predicted octanol–water partition coefficient (Wildman–Crippen LogP) is 2.89. The second-order valence-corrected chi connectivity index (χ2v) is 4.23. The van der Waals surface area contributed by atoms with E-state index in [0.29, 0.717) is 11.7 Å². The van der Waals surface area contributed by atoms with Gasteiger partial charge in [0.25, 0.3) is 0 Å². The molecule has 0 aliphatic carbocycles. The maximum atomic E-state index is 4.96. The molecule has 0 saturated carbocycles. The van der Waals surface area contributed by atoms with E-state index in [1.54, 1.807) is 13.3 Å². The molecule has 1 aromatic heterocycles. The van der Waals surface area contributed by atoms with Crippen molar-refractivity contribution >= 4 is 12.0 Å². The molecule has 94 valence electrons. The molecule has 0 aliphatic heterocycles. The molecular weight excluding hydrogens is 228 g/mol. The van der Waals surface area contributed by atoms with Crippen LogP contribution in [0.15, 0.2) is 33.8 Å². The number of aryl methyl sites for hydroxylation is 1. The number of benzene rings is 1. The Morgan fingerprint density at radius 3 is 2.89 bits per heavy atom. The summed E-state index contributed by atoms with van der Waals surface area (Å²) in [5.41, 5.74) is 1.86. The van der Waals surface area contributed by atoms with Crippen LogP contribution >= 0.6 is 0 Å². The minimum atomic E-state index is 0.278. The molecule has 0 radical (unpaired) electrons. The van der Waals surface area contributed by atoms with Crippen LogP contribution in [0.25, 0.3) is 11.4 Å². The lowest BCUT2D eigenvalue weighted by atomic mass is 10.2. The zero-order chi connectivity index (χ0) is 13.0. The highest BCUT2D eigenvalue weighted by Gasteiger charge is 2.05. The molecule has 0 unspecified atom stereocenters. The molecule has 1 heterocycles. The van der Waals surface area contributed by atoms with Crippen molar-refractivity contribution in [3.63, 3.8) is 0 Å². The zero-order valence-corrected chi connectivity index (χ0v) is 10.7. The average molecular weight is 244 g/mol. The summed E-state index contributed by atoms with van der Waals surface area (Å²) in [5, 5.41) is 7.00. The summed E-state index contributed by atoms with van der Waals surface area (Å²) < 4.78 is 4.96. The summed E-state index contributed by atoms with van der Waals surface area (Å²) >= 11 is 0. The largest absolute Gasteiger partial charge is 0.347 e. The van der Waals surface area contributed by atoms with Crippen molar-refractivity contribution in [2.75, 3.05) is 5.32 Å². The first-order valence-corrected chi connectivity index (χ1v) is 5.84. The van der Waals surface area contributed by atoms with Crippen molar-refractivity contribution in [2.45, 2.75) is 26.8 Å². The minimum Gasteiger partial charge on any atom is -0.347 e. The molecule has 0 bridgehead atoms. The summed E-state index contributed by atoms with van der Waals surface area (Å²) in [7, 11) is 0.